The van der Waals surface area contributed by atoms with E-state index in [1.54, 1.807) is 0 Å². The molecule has 1 saturated heterocycles. The maximum absolute atomic E-state index is 4.54. The highest BCUT2D eigenvalue weighted by Crippen LogP contribution is 2.25. The van der Waals surface area contributed by atoms with Crippen LogP contribution in [0, 0.1) is 0 Å². The number of nitrogens with zero attached hydrogens (tertiary/aromatic N) is 1. The molecule has 2 aromatic rings. The molecule has 2 N–H and O–H groups in total. The number of H-pyrrole nitrogens is 1. The van der Waals surface area contributed by atoms with Crippen LogP contribution in [0.25, 0.3) is 11.3 Å². The Labute approximate surface area is 114 Å². The minimum Gasteiger partial charge on any atom is -0.342 e. The van der Waals surface area contributed by atoms with E-state index in [1.807, 2.05) is 6.20 Å². The maximum Gasteiger partial charge on any atom is 0.110 e. The monoisotopic (exact) mass is 255 g/mol. The van der Waals surface area contributed by atoms with Gasteiger partial charge in [-0.1, -0.05) is 38.1 Å². The topological polar surface area (TPSA) is 40.7 Å². The fourth-order valence-corrected chi connectivity index (χ4v) is 2.63. The van der Waals surface area contributed by atoms with Crippen LogP contribution in [-0.2, 0) is 0 Å². The normalized spacial score (nSPS) is 19.2. The van der Waals surface area contributed by atoms with Gasteiger partial charge in [-0.05, 0) is 30.0 Å². The summed E-state index contributed by atoms with van der Waals surface area (Å²) < 4.78 is 0. The number of aromatic amines is 1. The highest BCUT2D eigenvalue weighted by Gasteiger charge is 2.19. The highest BCUT2D eigenvalue weighted by atomic mass is 15.0. The third-order valence-corrected chi connectivity index (χ3v) is 3.93. The standard InChI is InChI=1S/C16H21N3/c1-11(2)12-3-5-13(6-4-12)15-10-18-16(19-15)14-7-8-17-9-14/h3-6,10-11,14,17H,7-9H2,1-2H3,(H,18,19). The van der Waals surface area contributed by atoms with E-state index < -0.39 is 0 Å². The van der Waals surface area contributed by atoms with Crippen molar-refractivity contribution < 1.29 is 0 Å². The van der Waals surface area contributed by atoms with Crippen molar-refractivity contribution in [2.24, 2.45) is 0 Å². The molecule has 1 aromatic carbocycles. The Morgan fingerprint density at radius 3 is 2.63 bits per heavy atom. The van der Waals surface area contributed by atoms with E-state index in [1.165, 1.54) is 17.5 Å². The van der Waals surface area contributed by atoms with Gasteiger partial charge in [-0.15, -0.1) is 0 Å². The second-order valence-corrected chi connectivity index (χ2v) is 5.65. The molecule has 0 radical (unpaired) electrons. The van der Waals surface area contributed by atoms with Crippen molar-refractivity contribution in [3.63, 3.8) is 0 Å². The fraction of sp³-hybridized carbons (Fsp3) is 0.438. The summed E-state index contributed by atoms with van der Waals surface area (Å²) in [5.41, 5.74) is 3.72. The van der Waals surface area contributed by atoms with Crippen LogP contribution in [0.5, 0.6) is 0 Å². The van der Waals surface area contributed by atoms with Gasteiger partial charge in [-0.3, -0.25) is 0 Å². The van der Waals surface area contributed by atoms with Crippen LogP contribution in [0.1, 0.15) is 43.5 Å². The summed E-state index contributed by atoms with van der Waals surface area (Å²) in [4.78, 5) is 8.01. The molecular weight excluding hydrogens is 234 g/mol. The molecule has 1 aliphatic rings. The van der Waals surface area contributed by atoms with Gasteiger partial charge in [-0.2, -0.15) is 0 Å². The van der Waals surface area contributed by atoms with Crippen LogP contribution in [0.4, 0.5) is 0 Å². The lowest BCUT2D eigenvalue weighted by atomic mass is 10.0. The summed E-state index contributed by atoms with van der Waals surface area (Å²) in [6.07, 6.45) is 3.14. The molecule has 1 aromatic heterocycles. The summed E-state index contributed by atoms with van der Waals surface area (Å²) in [6.45, 7) is 6.58. The molecule has 0 aliphatic carbocycles. The number of aromatic nitrogens is 2. The Hall–Kier alpha value is -1.61. The molecule has 3 heteroatoms. The molecule has 1 aliphatic heterocycles. The van der Waals surface area contributed by atoms with Crippen molar-refractivity contribution in [2.75, 3.05) is 13.1 Å². The molecule has 3 rings (SSSR count). The number of imidazole rings is 1. The smallest absolute Gasteiger partial charge is 0.110 e. The Morgan fingerprint density at radius 2 is 2.00 bits per heavy atom. The summed E-state index contributed by atoms with van der Waals surface area (Å²) in [5.74, 6) is 2.24. The minimum absolute atomic E-state index is 0.545. The third kappa shape index (κ3) is 2.56. The van der Waals surface area contributed by atoms with Crippen LogP contribution in [0.2, 0.25) is 0 Å². The zero-order valence-electron chi connectivity index (χ0n) is 11.6. The lowest BCUT2D eigenvalue weighted by Crippen LogP contribution is -2.08. The largest absolute Gasteiger partial charge is 0.342 e. The SMILES string of the molecule is CC(C)c1ccc(-c2cnc(C3CCNC3)[nH]2)cc1. The summed E-state index contributed by atoms with van der Waals surface area (Å²) >= 11 is 0. The third-order valence-electron chi connectivity index (χ3n) is 3.93. The molecule has 1 unspecified atom stereocenters. The van der Waals surface area contributed by atoms with Gasteiger partial charge in [0.15, 0.2) is 0 Å². The zero-order valence-corrected chi connectivity index (χ0v) is 11.6. The van der Waals surface area contributed by atoms with E-state index in [2.05, 4.69) is 53.4 Å². The predicted molar refractivity (Wildman–Crippen MR) is 78.3 cm³/mol. The van der Waals surface area contributed by atoms with Gasteiger partial charge in [0.2, 0.25) is 0 Å². The Bertz CT molecular complexity index is 533. The minimum atomic E-state index is 0.545. The quantitative estimate of drug-likeness (QED) is 0.883. The average molecular weight is 255 g/mol. The summed E-state index contributed by atoms with van der Waals surface area (Å²) in [7, 11) is 0. The number of hydrogen-bond acceptors (Lipinski definition) is 2. The van der Waals surface area contributed by atoms with Crippen molar-refractivity contribution in [2.45, 2.75) is 32.1 Å². The fourth-order valence-electron chi connectivity index (χ4n) is 2.63. The Balaban J connectivity index is 1.81. The van der Waals surface area contributed by atoms with Crippen LogP contribution in [0.15, 0.2) is 30.5 Å². The Morgan fingerprint density at radius 1 is 1.21 bits per heavy atom. The van der Waals surface area contributed by atoms with E-state index in [4.69, 9.17) is 0 Å². The van der Waals surface area contributed by atoms with Gasteiger partial charge in [0.1, 0.15) is 5.82 Å². The predicted octanol–water partition coefficient (Wildman–Crippen LogP) is 3.28. The van der Waals surface area contributed by atoms with Crippen molar-refractivity contribution in [1.29, 1.82) is 0 Å². The van der Waals surface area contributed by atoms with E-state index in [9.17, 15) is 0 Å². The van der Waals surface area contributed by atoms with Crippen LogP contribution >= 0.6 is 0 Å². The van der Waals surface area contributed by atoms with E-state index in [-0.39, 0.29) is 0 Å². The molecule has 0 bridgehead atoms. The number of hydrogen-bond donors (Lipinski definition) is 2. The van der Waals surface area contributed by atoms with Crippen molar-refractivity contribution in [3.8, 4) is 11.3 Å². The van der Waals surface area contributed by atoms with Crippen molar-refractivity contribution in [1.82, 2.24) is 15.3 Å². The van der Waals surface area contributed by atoms with E-state index in [0.717, 1.165) is 24.6 Å². The van der Waals surface area contributed by atoms with Gasteiger partial charge in [0.05, 0.1) is 11.9 Å². The van der Waals surface area contributed by atoms with Gasteiger partial charge in [0, 0.05) is 12.5 Å². The molecule has 0 spiro atoms. The number of nitrogens with one attached hydrogen (secondary N) is 2. The molecule has 3 nitrogen and oxygen atoms in total. The Kier molecular flexibility index (Phi) is 3.38. The first-order valence-corrected chi connectivity index (χ1v) is 7.10. The average Bonchev–Trinajstić information content (AvgIpc) is 3.10. The van der Waals surface area contributed by atoms with E-state index >= 15 is 0 Å². The zero-order chi connectivity index (χ0) is 13.2. The van der Waals surface area contributed by atoms with Gasteiger partial charge in [-0.25, -0.2) is 4.98 Å². The summed E-state index contributed by atoms with van der Waals surface area (Å²) in [5, 5.41) is 3.38. The second kappa shape index (κ2) is 5.17. The molecular formula is C16H21N3. The second-order valence-electron chi connectivity index (χ2n) is 5.65. The molecule has 2 heterocycles. The molecule has 0 saturated carbocycles. The first-order valence-electron chi connectivity index (χ1n) is 7.10. The van der Waals surface area contributed by atoms with Crippen LogP contribution in [0.3, 0.4) is 0 Å². The van der Waals surface area contributed by atoms with Gasteiger partial charge < -0.3 is 10.3 Å². The number of rotatable bonds is 3. The van der Waals surface area contributed by atoms with Gasteiger partial charge in [0.25, 0.3) is 0 Å². The summed E-state index contributed by atoms with van der Waals surface area (Å²) in [6, 6.07) is 8.77. The first-order chi connectivity index (χ1) is 9.24. The highest BCUT2D eigenvalue weighted by molar-refractivity contribution is 5.59. The first kappa shape index (κ1) is 12.4. The number of benzene rings is 1. The van der Waals surface area contributed by atoms with E-state index in [0.29, 0.717) is 11.8 Å². The molecule has 1 fully saturated rings. The molecule has 100 valence electrons. The van der Waals surface area contributed by atoms with Crippen LogP contribution in [-0.4, -0.2) is 23.1 Å². The molecule has 19 heavy (non-hydrogen) atoms. The molecule has 1 atom stereocenters. The lowest BCUT2D eigenvalue weighted by Gasteiger charge is -2.06. The van der Waals surface area contributed by atoms with Crippen molar-refractivity contribution in [3.05, 3.63) is 41.9 Å². The van der Waals surface area contributed by atoms with Crippen molar-refractivity contribution >= 4 is 0 Å². The molecule has 0 amide bonds. The van der Waals surface area contributed by atoms with Gasteiger partial charge >= 0.3 is 0 Å². The maximum atomic E-state index is 4.54. The van der Waals surface area contributed by atoms with Crippen LogP contribution < -0.4 is 5.32 Å². The lowest BCUT2D eigenvalue weighted by molar-refractivity contribution is 0.715.